The Hall–Kier alpha value is -3.09. The Morgan fingerprint density at radius 3 is 2.61 bits per heavy atom. The maximum absolute atomic E-state index is 13.3. The molecule has 140 valence electrons. The number of anilines is 1. The zero-order chi connectivity index (χ0) is 19.8. The maximum atomic E-state index is 13.3. The Balaban J connectivity index is 1.62. The molecular weight excluding hydrogens is 406 g/mol. The molecule has 1 fully saturated rings. The molecule has 0 radical (unpaired) electrons. The molecule has 1 N–H and O–H groups in total. The van der Waals surface area contributed by atoms with Gasteiger partial charge in [-0.05, 0) is 48.5 Å². The molecule has 28 heavy (non-hydrogen) atoms. The number of amides is 2. The SMILES string of the molecule is O=C1NN(c2ccc(F)c(Cl)c2)C(=O)/C1=C\c1ccc(-c2cccc(Cl)c2)o1. The molecule has 0 unspecified atom stereocenters. The first kappa shape index (κ1) is 18.3. The largest absolute Gasteiger partial charge is 0.457 e. The molecule has 5 nitrogen and oxygen atoms in total. The number of rotatable bonds is 3. The van der Waals surface area contributed by atoms with Crippen molar-refractivity contribution in [3.8, 4) is 11.3 Å². The van der Waals surface area contributed by atoms with Crippen LogP contribution in [-0.2, 0) is 9.59 Å². The van der Waals surface area contributed by atoms with Gasteiger partial charge in [0.1, 0.15) is 22.9 Å². The fourth-order valence-corrected chi connectivity index (χ4v) is 3.10. The first-order valence-electron chi connectivity index (χ1n) is 8.10. The molecule has 8 heteroatoms. The summed E-state index contributed by atoms with van der Waals surface area (Å²) in [6.07, 6.45) is 1.34. The highest BCUT2D eigenvalue weighted by molar-refractivity contribution is 6.33. The van der Waals surface area contributed by atoms with Gasteiger partial charge in [0, 0.05) is 10.6 Å². The summed E-state index contributed by atoms with van der Waals surface area (Å²) in [4.78, 5) is 24.9. The van der Waals surface area contributed by atoms with Crippen LogP contribution in [0.1, 0.15) is 5.76 Å². The number of benzene rings is 2. The Kier molecular flexibility index (Phi) is 4.66. The number of hydrogen-bond acceptors (Lipinski definition) is 3. The van der Waals surface area contributed by atoms with Gasteiger partial charge in [-0.25, -0.2) is 9.40 Å². The zero-order valence-corrected chi connectivity index (χ0v) is 15.6. The van der Waals surface area contributed by atoms with Gasteiger partial charge in [-0.2, -0.15) is 0 Å². The minimum Gasteiger partial charge on any atom is -0.457 e. The number of carbonyl (C=O) groups excluding carboxylic acids is 2. The standard InChI is InChI=1S/C20H11Cl2FN2O3/c21-12-3-1-2-11(8-12)18-7-5-14(28-18)10-15-19(26)24-25(20(15)27)13-4-6-17(23)16(22)9-13/h1-10H,(H,24,26)/b15-10-. The summed E-state index contributed by atoms with van der Waals surface area (Å²) in [6.45, 7) is 0. The minimum atomic E-state index is -0.622. The zero-order valence-electron chi connectivity index (χ0n) is 14.1. The maximum Gasteiger partial charge on any atom is 0.282 e. The topological polar surface area (TPSA) is 62.6 Å². The van der Waals surface area contributed by atoms with Crippen LogP contribution in [0.25, 0.3) is 17.4 Å². The van der Waals surface area contributed by atoms with E-state index < -0.39 is 17.6 Å². The molecule has 0 atom stereocenters. The van der Waals surface area contributed by atoms with E-state index >= 15 is 0 Å². The molecule has 2 amide bonds. The predicted molar refractivity (Wildman–Crippen MR) is 104 cm³/mol. The van der Waals surface area contributed by atoms with E-state index in [4.69, 9.17) is 27.6 Å². The number of hydrogen-bond donors (Lipinski definition) is 1. The molecule has 0 saturated carbocycles. The summed E-state index contributed by atoms with van der Waals surface area (Å²) in [5.74, 6) is -0.961. The summed E-state index contributed by atoms with van der Waals surface area (Å²) in [7, 11) is 0. The third-order valence-corrected chi connectivity index (χ3v) is 4.60. The van der Waals surface area contributed by atoms with Gasteiger partial charge in [0.2, 0.25) is 0 Å². The van der Waals surface area contributed by atoms with Gasteiger partial charge >= 0.3 is 0 Å². The number of nitrogens with zero attached hydrogens (tertiary/aromatic N) is 1. The van der Waals surface area contributed by atoms with E-state index in [1.54, 1.807) is 30.3 Å². The third-order valence-electron chi connectivity index (χ3n) is 4.08. The van der Waals surface area contributed by atoms with Gasteiger partial charge in [0.15, 0.2) is 0 Å². The van der Waals surface area contributed by atoms with Crippen LogP contribution in [0, 0.1) is 5.82 Å². The van der Waals surface area contributed by atoms with Crippen LogP contribution in [0.4, 0.5) is 10.1 Å². The molecule has 4 rings (SSSR count). The van der Waals surface area contributed by atoms with E-state index in [1.807, 2.05) is 6.07 Å². The quantitative estimate of drug-likeness (QED) is 0.490. The molecule has 1 aliphatic rings. The second kappa shape index (κ2) is 7.14. The van der Waals surface area contributed by atoms with E-state index in [-0.39, 0.29) is 16.3 Å². The van der Waals surface area contributed by atoms with Crippen LogP contribution in [0.3, 0.4) is 0 Å². The van der Waals surface area contributed by atoms with Gasteiger partial charge in [-0.15, -0.1) is 0 Å². The summed E-state index contributed by atoms with van der Waals surface area (Å²) in [5, 5.41) is 1.40. The molecular formula is C20H11Cl2FN2O3. The van der Waals surface area contributed by atoms with E-state index in [2.05, 4.69) is 5.43 Å². The molecule has 2 heterocycles. The van der Waals surface area contributed by atoms with Gasteiger partial charge in [0.05, 0.1) is 10.7 Å². The van der Waals surface area contributed by atoms with Crippen LogP contribution >= 0.6 is 23.2 Å². The van der Waals surface area contributed by atoms with Crippen LogP contribution < -0.4 is 10.4 Å². The van der Waals surface area contributed by atoms with Gasteiger partial charge in [-0.3, -0.25) is 15.0 Å². The van der Waals surface area contributed by atoms with Crippen LogP contribution in [0.15, 0.2) is 64.6 Å². The van der Waals surface area contributed by atoms with Crippen LogP contribution in [0.5, 0.6) is 0 Å². The van der Waals surface area contributed by atoms with E-state index in [0.29, 0.717) is 16.5 Å². The van der Waals surface area contributed by atoms with E-state index in [1.165, 1.54) is 18.2 Å². The van der Waals surface area contributed by atoms with Crippen LogP contribution in [-0.4, -0.2) is 11.8 Å². The second-order valence-corrected chi connectivity index (χ2v) is 6.79. The van der Waals surface area contributed by atoms with E-state index in [9.17, 15) is 14.0 Å². The van der Waals surface area contributed by atoms with Crippen molar-refractivity contribution in [1.29, 1.82) is 0 Å². The fraction of sp³-hybridized carbons (Fsp3) is 0. The molecule has 0 bridgehead atoms. The van der Waals surface area contributed by atoms with Crippen molar-refractivity contribution in [3.63, 3.8) is 0 Å². The molecule has 0 spiro atoms. The van der Waals surface area contributed by atoms with Gasteiger partial charge in [0.25, 0.3) is 11.8 Å². The lowest BCUT2D eigenvalue weighted by Crippen LogP contribution is -2.35. The van der Waals surface area contributed by atoms with Crippen molar-refractivity contribution in [2.75, 3.05) is 5.01 Å². The smallest absolute Gasteiger partial charge is 0.282 e. The van der Waals surface area contributed by atoms with Gasteiger partial charge in [-0.1, -0.05) is 35.3 Å². The average molecular weight is 417 g/mol. The van der Waals surface area contributed by atoms with Crippen molar-refractivity contribution in [1.82, 2.24) is 5.43 Å². The Morgan fingerprint density at radius 2 is 1.86 bits per heavy atom. The van der Waals surface area contributed by atoms with Crippen molar-refractivity contribution >= 4 is 46.8 Å². The number of nitrogens with one attached hydrogen (secondary N) is 1. The monoisotopic (exact) mass is 416 g/mol. The summed E-state index contributed by atoms with van der Waals surface area (Å²) in [6, 6.07) is 14.2. The number of furan rings is 1. The van der Waals surface area contributed by atoms with Crippen molar-refractivity contribution in [2.45, 2.75) is 0 Å². The molecule has 3 aromatic rings. The van der Waals surface area contributed by atoms with Crippen molar-refractivity contribution in [2.24, 2.45) is 0 Å². The van der Waals surface area contributed by atoms with Gasteiger partial charge < -0.3 is 4.42 Å². The molecule has 0 aliphatic carbocycles. The fourth-order valence-electron chi connectivity index (χ4n) is 2.73. The number of carbonyl (C=O) groups is 2. The normalized spacial score (nSPS) is 15.4. The average Bonchev–Trinajstić information content (AvgIpc) is 3.24. The minimum absolute atomic E-state index is 0.118. The first-order valence-corrected chi connectivity index (χ1v) is 8.86. The summed E-state index contributed by atoms with van der Waals surface area (Å²) in [5.41, 5.74) is 3.31. The highest BCUT2D eigenvalue weighted by atomic mass is 35.5. The first-order chi connectivity index (χ1) is 13.4. The highest BCUT2D eigenvalue weighted by Gasteiger charge is 2.35. The van der Waals surface area contributed by atoms with E-state index in [0.717, 1.165) is 16.6 Å². The molecule has 1 saturated heterocycles. The van der Waals surface area contributed by atoms with Crippen molar-refractivity contribution < 1.29 is 18.4 Å². The lowest BCUT2D eigenvalue weighted by Gasteiger charge is -2.14. The molecule has 1 aliphatic heterocycles. The Morgan fingerprint density at radius 1 is 1.04 bits per heavy atom. The Labute approximate surface area is 168 Å². The summed E-state index contributed by atoms with van der Waals surface area (Å²) < 4.78 is 19.0. The lowest BCUT2D eigenvalue weighted by molar-refractivity contribution is -0.117. The number of halogens is 3. The lowest BCUT2D eigenvalue weighted by atomic mass is 10.2. The molecule has 1 aromatic heterocycles. The highest BCUT2D eigenvalue weighted by Crippen LogP contribution is 2.28. The van der Waals surface area contributed by atoms with Crippen LogP contribution in [0.2, 0.25) is 10.0 Å². The second-order valence-electron chi connectivity index (χ2n) is 5.95. The summed E-state index contributed by atoms with van der Waals surface area (Å²) >= 11 is 11.7. The third kappa shape index (κ3) is 3.40. The van der Waals surface area contributed by atoms with Crippen molar-refractivity contribution in [3.05, 3.63) is 81.8 Å². The Bertz CT molecular complexity index is 1140. The molecule has 2 aromatic carbocycles. The predicted octanol–water partition coefficient (Wildman–Crippen LogP) is 4.85. The number of hydrazine groups is 1.